The summed E-state index contributed by atoms with van der Waals surface area (Å²) in [5.41, 5.74) is 1.08. The van der Waals surface area contributed by atoms with Gasteiger partial charge >= 0.3 is 4.87 Å². The van der Waals surface area contributed by atoms with Gasteiger partial charge in [0.15, 0.2) is 0 Å². The first kappa shape index (κ1) is 18.7. The van der Waals surface area contributed by atoms with Crippen LogP contribution in [0.3, 0.4) is 0 Å². The Morgan fingerprint density at radius 3 is 2.52 bits per heavy atom. The number of carbonyl (C=O) groups is 1. The van der Waals surface area contributed by atoms with Crippen molar-refractivity contribution < 1.29 is 14.3 Å². The number of para-hydroxylation sites is 1. The van der Waals surface area contributed by atoms with E-state index in [-0.39, 0.29) is 10.8 Å². The van der Waals surface area contributed by atoms with E-state index in [1.165, 1.54) is 0 Å². The quantitative estimate of drug-likeness (QED) is 0.633. The second-order valence-corrected chi connectivity index (χ2v) is 7.21. The van der Waals surface area contributed by atoms with Crippen molar-refractivity contribution in [3.8, 4) is 11.5 Å². The summed E-state index contributed by atoms with van der Waals surface area (Å²) >= 11 is 1.00. The summed E-state index contributed by atoms with van der Waals surface area (Å²) in [6.45, 7) is 0. The number of fused-ring (bicyclic) bond motifs is 1. The highest BCUT2D eigenvalue weighted by Gasteiger charge is 2.14. The van der Waals surface area contributed by atoms with Gasteiger partial charge in [-0.1, -0.05) is 29.5 Å². The third-order valence-corrected chi connectivity index (χ3v) is 5.13. The minimum Gasteiger partial charge on any atom is -0.497 e. The molecule has 0 radical (unpaired) electrons. The Morgan fingerprint density at radius 2 is 1.79 bits per heavy atom. The van der Waals surface area contributed by atoms with Crippen molar-refractivity contribution in [3.05, 3.63) is 73.2 Å². The number of nitrogens with zero attached hydrogens (tertiary/aromatic N) is 1. The van der Waals surface area contributed by atoms with Gasteiger partial charge in [-0.15, -0.1) is 0 Å². The molecule has 4 rings (SSSR count). The number of carbonyl (C=O) groups excluding carboxylic acids is 1. The summed E-state index contributed by atoms with van der Waals surface area (Å²) in [5, 5.41) is 4.65. The molecular weight excluding hydrogens is 390 g/mol. The van der Waals surface area contributed by atoms with Crippen LogP contribution in [-0.2, 0) is 4.79 Å². The molecule has 2 N–H and O–H groups in total. The van der Waals surface area contributed by atoms with Crippen LogP contribution in [0.2, 0.25) is 0 Å². The predicted molar refractivity (Wildman–Crippen MR) is 112 cm³/mol. The molecule has 2 aromatic carbocycles. The fourth-order valence-corrected chi connectivity index (χ4v) is 3.66. The van der Waals surface area contributed by atoms with Crippen molar-refractivity contribution in [1.29, 1.82) is 0 Å². The van der Waals surface area contributed by atoms with E-state index in [0.717, 1.165) is 16.6 Å². The first-order chi connectivity index (χ1) is 14.1. The Hall–Kier alpha value is -3.65. The standard InChI is InChI=1S/C21H17N3O4S/c1-27-15-9-14(10-16(11-15)28-2)22-19-18(29-21(26)24-19)8-13-7-12-5-3-4-6-17(12)23-20(13)25/h3-11,22H,1-2H3,(H,24,26)/b13-8+. The summed E-state index contributed by atoms with van der Waals surface area (Å²) in [6, 6.07) is 12.7. The number of thiazole rings is 1. The third kappa shape index (κ3) is 3.97. The fraction of sp³-hybridized carbons (Fsp3) is 0.0952. The number of anilines is 2. The van der Waals surface area contributed by atoms with Crippen LogP contribution < -0.4 is 30.2 Å². The highest BCUT2D eigenvalue weighted by molar-refractivity contribution is 7.10. The SMILES string of the molecule is COc1cc(Nc2[nH]c(=O)sc2/C=C2\C=c3ccccc3=NC2=O)cc(OC)c1. The summed E-state index contributed by atoms with van der Waals surface area (Å²) < 4.78 is 10.6. The Morgan fingerprint density at radius 1 is 1.07 bits per heavy atom. The van der Waals surface area contributed by atoms with Gasteiger partial charge in [0.05, 0.1) is 24.5 Å². The van der Waals surface area contributed by atoms with Crippen LogP contribution in [0.15, 0.2) is 57.8 Å². The molecule has 1 aliphatic heterocycles. The first-order valence-electron chi connectivity index (χ1n) is 8.70. The highest BCUT2D eigenvalue weighted by Crippen LogP contribution is 2.30. The zero-order chi connectivity index (χ0) is 20.4. The lowest BCUT2D eigenvalue weighted by atomic mass is 10.1. The normalized spacial score (nSPS) is 14.0. The topological polar surface area (TPSA) is 92.8 Å². The van der Waals surface area contributed by atoms with E-state index in [1.807, 2.05) is 18.2 Å². The molecular formula is C21H17N3O4S. The number of hydrogen-bond donors (Lipinski definition) is 2. The van der Waals surface area contributed by atoms with E-state index in [2.05, 4.69) is 15.3 Å². The number of nitrogens with one attached hydrogen (secondary N) is 2. The molecule has 0 bridgehead atoms. The van der Waals surface area contributed by atoms with Crippen LogP contribution in [0.5, 0.6) is 11.5 Å². The summed E-state index contributed by atoms with van der Waals surface area (Å²) in [4.78, 5) is 31.6. The Bertz CT molecular complexity index is 1280. The Kier molecular flexibility index (Phi) is 5.01. The van der Waals surface area contributed by atoms with Crippen LogP contribution in [0.4, 0.5) is 11.5 Å². The van der Waals surface area contributed by atoms with Gasteiger partial charge in [0.25, 0.3) is 5.91 Å². The molecule has 29 heavy (non-hydrogen) atoms. The maximum atomic E-state index is 12.4. The van der Waals surface area contributed by atoms with E-state index < -0.39 is 0 Å². The molecule has 0 spiro atoms. The second kappa shape index (κ2) is 7.76. The molecule has 1 aromatic heterocycles. The number of methoxy groups -OCH3 is 2. The van der Waals surface area contributed by atoms with Crippen LogP contribution in [0.25, 0.3) is 12.2 Å². The van der Waals surface area contributed by atoms with Crippen LogP contribution in [0.1, 0.15) is 4.88 Å². The molecule has 3 aromatic rings. The molecule has 0 saturated carbocycles. The highest BCUT2D eigenvalue weighted by atomic mass is 32.1. The van der Waals surface area contributed by atoms with Gasteiger partial charge in [-0.2, -0.15) is 0 Å². The minimum absolute atomic E-state index is 0.241. The molecule has 1 amide bonds. The van der Waals surface area contributed by atoms with Gasteiger partial charge in [0.1, 0.15) is 17.3 Å². The molecule has 0 unspecified atom stereocenters. The van der Waals surface area contributed by atoms with E-state index in [0.29, 0.717) is 38.8 Å². The molecule has 0 aliphatic carbocycles. The second-order valence-electron chi connectivity index (χ2n) is 6.20. The summed E-state index contributed by atoms with van der Waals surface area (Å²) in [5.74, 6) is 1.34. The summed E-state index contributed by atoms with van der Waals surface area (Å²) in [6.07, 6.45) is 3.43. The molecule has 7 nitrogen and oxygen atoms in total. The van der Waals surface area contributed by atoms with Gasteiger partial charge in [0, 0.05) is 34.7 Å². The number of benzene rings is 2. The molecule has 2 heterocycles. The van der Waals surface area contributed by atoms with Crippen molar-refractivity contribution in [2.75, 3.05) is 19.5 Å². The lowest BCUT2D eigenvalue weighted by Gasteiger charge is -2.10. The van der Waals surface area contributed by atoms with Crippen LogP contribution in [0, 0.1) is 0 Å². The predicted octanol–water partition coefficient (Wildman–Crippen LogP) is 2.22. The molecule has 0 saturated heterocycles. The number of aromatic amines is 1. The lowest BCUT2D eigenvalue weighted by Crippen LogP contribution is -2.29. The smallest absolute Gasteiger partial charge is 0.306 e. The zero-order valence-corrected chi connectivity index (χ0v) is 16.5. The monoisotopic (exact) mass is 407 g/mol. The van der Waals surface area contributed by atoms with E-state index in [4.69, 9.17) is 9.47 Å². The van der Waals surface area contributed by atoms with Gasteiger partial charge in [-0.25, -0.2) is 4.99 Å². The van der Waals surface area contributed by atoms with E-state index in [1.54, 1.807) is 50.6 Å². The molecule has 0 atom stereocenters. The van der Waals surface area contributed by atoms with Crippen LogP contribution >= 0.6 is 11.3 Å². The van der Waals surface area contributed by atoms with Crippen molar-refractivity contribution in [3.63, 3.8) is 0 Å². The third-order valence-electron chi connectivity index (χ3n) is 4.30. The van der Waals surface area contributed by atoms with E-state index in [9.17, 15) is 9.59 Å². The minimum atomic E-state index is -0.349. The van der Waals surface area contributed by atoms with Crippen LogP contribution in [-0.4, -0.2) is 25.1 Å². The van der Waals surface area contributed by atoms with Gasteiger partial charge in [-0.3, -0.25) is 14.6 Å². The molecule has 8 heteroatoms. The number of H-pyrrole nitrogens is 1. The number of ether oxygens (including phenoxy) is 2. The Labute approximate surface area is 169 Å². The van der Waals surface area contributed by atoms with Crippen molar-refractivity contribution >= 4 is 40.9 Å². The first-order valence-corrected chi connectivity index (χ1v) is 9.52. The van der Waals surface area contributed by atoms with Crippen molar-refractivity contribution in [2.24, 2.45) is 4.99 Å². The number of aromatic nitrogens is 1. The molecule has 0 fully saturated rings. The van der Waals surface area contributed by atoms with Crippen molar-refractivity contribution in [2.45, 2.75) is 0 Å². The molecule has 146 valence electrons. The largest absolute Gasteiger partial charge is 0.497 e. The average Bonchev–Trinajstić information content (AvgIpc) is 3.06. The van der Waals surface area contributed by atoms with Gasteiger partial charge in [0.2, 0.25) is 0 Å². The lowest BCUT2D eigenvalue weighted by molar-refractivity contribution is -0.114. The van der Waals surface area contributed by atoms with Gasteiger partial charge in [-0.05, 0) is 18.2 Å². The number of amides is 1. The maximum Gasteiger partial charge on any atom is 0.306 e. The maximum absolute atomic E-state index is 12.4. The average molecular weight is 407 g/mol. The fourth-order valence-electron chi connectivity index (χ4n) is 2.92. The Balaban J connectivity index is 1.73. The number of hydrogen-bond acceptors (Lipinski definition) is 6. The summed E-state index contributed by atoms with van der Waals surface area (Å²) in [7, 11) is 3.12. The van der Waals surface area contributed by atoms with Gasteiger partial charge < -0.3 is 14.8 Å². The van der Waals surface area contributed by atoms with E-state index >= 15 is 0 Å². The number of rotatable bonds is 5. The van der Waals surface area contributed by atoms with Crippen molar-refractivity contribution in [1.82, 2.24) is 4.98 Å². The zero-order valence-electron chi connectivity index (χ0n) is 15.7. The molecule has 1 aliphatic rings.